The van der Waals surface area contributed by atoms with Crippen LogP contribution in [0, 0.1) is 0 Å². The van der Waals surface area contributed by atoms with E-state index in [4.69, 9.17) is 16.7 Å². The van der Waals surface area contributed by atoms with Gasteiger partial charge in [0.2, 0.25) is 0 Å². The van der Waals surface area contributed by atoms with E-state index in [1.54, 1.807) is 24.3 Å². The second kappa shape index (κ2) is 19.4. The summed E-state index contributed by atoms with van der Waals surface area (Å²) in [5, 5.41) is 9.45. The number of unbranched alkanes of at least 4 members (excludes halogenated alkanes) is 13. The Bertz CT molecular complexity index is 617. The molecule has 30 heavy (non-hydrogen) atoms. The number of halogens is 1. The van der Waals surface area contributed by atoms with E-state index in [2.05, 4.69) is 11.9 Å². The second-order valence-electron chi connectivity index (χ2n) is 8.11. The normalized spacial score (nSPS) is 10.5. The molecule has 3 heteroatoms. The summed E-state index contributed by atoms with van der Waals surface area (Å²) in [5.41, 5.74) is 1.06. The Morgan fingerprint density at radius 2 is 1.17 bits per heavy atom. The van der Waals surface area contributed by atoms with Gasteiger partial charge in [-0.1, -0.05) is 120 Å². The number of hydrogen-bond acceptors (Lipinski definition) is 2. The van der Waals surface area contributed by atoms with E-state index in [0.29, 0.717) is 5.75 Å². The first kappa shape index (κ1) is 26.5. The highest BCUT2D eigenvalue weighted by molar-refractivity contribution is 6.31. The molecular weight excluding hydrogens is 390 g/mol. The molecule has 0 fully saturated rings. The highest BCUT2D eigenvalue weighted by atomic mass is 35.5. The number of aryl methyl sites for hydroxylation is 1. The van der Waals surface area contributed by atoms with E-state index in [9.17, 15) is 0 Å². The van der Waals surface area contributed by atoms with E-state index in [1.165, 1.54) is 89.9 Å². The maximum atomic E-state index is 8.63. The molecule has 0 aliphatic carbocycles. The number of rotatable bonds is 15. The summed E-state index contributed by atoms with van der Waals surface area (Å²) in [5.74, 6) is 0.322. The molecule has 1 aromatic carbocycles. The van der Waals surface area contributed by atoms with Crippen molar-refractivity contribution in [1.29, 1.82) is 0 Å². The maximum absolute atomic E-state index is 8.63. The molecule has 168 valence electrons. The van der Waals surface area contributed by atoms with Crippen LogP contribution in [-0.4, -0.2) is 10.1 Å². The summed E-state index contributed by atoms with van der Waals surface area (Å²) in [6.45, 7) is 2.29. The second-order valence-corrected chi connectivity index (χ2v) is 8.52. The van der Waals surface area contributed by atoms with Gasteiger partial charge in [-0.3, -0.25) is 4.98 Å². The van der Waals surface area contributed by atoms with Crippen LogP contribution >= 0.6 is 11.6 Å². The first-order valence-electron chi connectivity index (χ1n) is 12.1. The molecule has 1 N–H and O–H groups in total. The lowest BCUT2D eigenvalue weighted by Crippen LogP contribution is -1.91. The van der Waals surface area contributed by atoms with Crippen molar-refractivity contribution in [3.8, 4) is 5.75 Å². The smallest absolute Gasteiger partial charge is 0.115 e. The lowest BCUT2D eigenvalue weighted by molar-refractivity contribution is 0.475. The molecule has 0 aliphatic heterocycles. The van der Waals surface area contributed by atoms with E-state index in [-0.39, 0.29) is 0 Å². The van der Waals surface area contributed by atoms with Gasteiger partial charge in [0.1, 0.15) is 5.75 Å². The zero-order valence-corrected chi connectivity index (χ0v) is 19.8. The summed E-state index contributed by atoms with van der Waals surface area (Å²) < 4.78 is 0. The zero-order chi connectivity index (χ0) is 21.7. The molecule has 1 heterocycles. The predicted molar refractivity (Wildman–Crippen MR) is 131 cm³/mol. The van der Waals surface area contributed by atoms with E-state index >= 15 is 0 Å². The summed E-state index contributed by atoms with van der Waals surface area (Å²) in [7, 11) is 0. The van der Waals surface area contributed by atoms with Crippen LogP contribution < -0.4 is 0 Å². The topological polar surface area (TPSA) is 33.1 Å². The van der Waals surface area contributed by atoms with E-state index in [0.717, 1.165) is 17.1 Å². The van der Waals surface area contributed by atoms with Crippen molar-refractivity contribution in [3.63, 3.8) is 0 Å². The van der Waals surface area contributed by atoms with Crippen molar-refractivity contribution in [2.24, 2.45) is 0 Å². The summed E-state index contributed by atoms with van der Waals surface area (Å²) in [4.78, 5) is 4.35. The molecule has 2 nitrogen and oxygen atoms in total. The highest BCUT2D eigenvalue weighted by Crippen LogP contribution is 2.16. The van der Waals surface area contributed by atoms with Crippen molar-refractivity contribution in [2.75, 3.05) is 0 Å². The van der Waals surface area contributed by atoms with Crippen molar-refractivity contribution in [1.82, 2.24) is 4.98 Å². The SMILES string of the molecule is CCCCCCCCCCCCCCCCc1ncccc1Cl.Oc1ccccc1. The predicted octanol–water partition coefficient (Wildman–Crippen LogP) is 9.15. The Morgan fingerprint density at radius 1 is 0.667 bits per heavy atom. The molecule has 2 aromatic rings. The van der Waals surface area contributed by atoms with Crippen LogP contribution in [0.3, 0.4) is 0 Å². The third kappa shape index (κ3) is 15.3. The average Bonchev–Trinajstić information content (AvgIpc) is 2.76. The van der Waals surface area contributed by atoms with Gasteiger partial charge in [-0.25, -0.2) is 0 Å². The summed E-state index contributed by atoms with van der Waals surface area (Å²) in [6.07, 6.45) is 22.5. The van der Waals surface area contributed by atoms with Crippen LogP contribution in [0.2, 0.25) is 5.02 Å². The number of phenolic OH excluding ortho intramolecular Hbond substituents is 1. The van der Waals surface area contributed by atoms with Gasteiger partial charge < -0.3 is 5.11 Å². The number of pyridine rings is 1. The van der Waals surface area contributed by atoms with Gasteiger partial charge in [-0.15, -0.1) is 0 Å². The number of nitrogens with zero attached hydrogens (tertiary/aromatic N) is 1. The highest BCUT2D eigenvalue weighted by Gasteiger charge is 2.00. The summed E-state index contributed by atoms with van der Waals surface area (Å²) in [6, 6.07) is 12.6. The van der Waals surface area contributed by atoms with Gasteiger partial charge in [0.05, 0.1) is 10.7 Å². The molecule has 0 saturated heterocycles. The van der Waals surface area contributed by atoms with E-state index in [1.807, 2.05) is 24.4 Å². The Labute approximate surface area is 190 Å². The minimum absolute atomic E-state index is 0.322. The van der Waals surface area contributed by atoms with Crippen LogP contribution in [0.5, 0.6) is 5.75 Å². The molecular formula is C27H42ClNO. The van der Waals surface area contributed by atoms with Crippen molar-refractivity contribution < 1.29 is 5.11 Å². The number of benzene rings is 1. The van der Waals surface area contributed by atoms with Crippen LogP contribution in [0.25, 0.3) is 0 Å². The minimum atomic E-state index is 0.322. The summed E-state index contributed by atoms with van der Waals surface area (Å²) >= 11 is 6.12. The monoisotopic (exact) mass is 431 g/mol. The number of aromatic hydroxyl groups is 1. The fourth-order valence-electron chi connectivity index (χ4n) is 3.52. The van der Waals surface area contributed by atoms with Crippen molar-refractivity contribution in [2.45, 2.75) is 103 Å². The molecule has 0 atom stereocenters. The van der Waals surface area contributed by atoms with Crippen LogP contribution in [-0.2, 0) is 6.42 Å². The minimum Gasteiger partial charge on any atom is -0.508 e. The van der Waals surface area contributed by atoms with E-state index < -0.39 is 0 Å². The Morgan fingerprint density at radius 3 is 1.60 bits per heavy atom. The van der Waals surface area contributed by atoms with Crippen LogP contribution in [0.1, 0.15) is 103 Å². The molecule has 0 amide bonds. The largest absolute Gasteiger partial charge is 0.508 e. The lowest BCUT2D eigenvalue weighted by Gasteiger charge is -2.04. The van der Waals surface area contributed by atoms with Crippen LogP contribution in [0.15, 0.2) is 48.7 Å². The number of phenols is 1. The van der Waals surface area contributed by atoms with Gasteiger partial charge in [0.15, 0.2) is 0 Å². The van der Waals surface area contributed by atoms with Gasteiger partial charge in [-0.05, 0) is 37.1 Å². The van der Waals surface area contributed by atoms with Crippen LogP contribution in [0.4, 0.5) is 0 Å². The number of para-hydroxylation sites is 1. The van der Waals surface area contributed by atoms with Gasteiger partial charge in [0.25, 0.3) is 0 Å². The standard InChI is InChI=1S/C21H36ClN.C6H6O/c1-2-3-4-5-6-7-8-9-10-11-12-13-14-15-18-21-20(22)17-16-19-23-21;7-6-4-2-1-3-5-6/h16-17,19H,2-15,18H2,1H3;1-5,7H. The zero-order valence-electron chi connectivity index (χ0n) is 19.0. The van der Waals surface area contributed by atoms with Crippen molar-refractivity contribution >= 4 is 11.6 Å². The maximum Gasteiger partial charge on any atom is 0.115 e. The molecule has 0 unspecified atom stereocenters. The first-order valence-corrected chi connectivity index (χ1v) is 12.4. The molecule has 1 aromatic heterocycles. The fourth-order valence-corrected chi connectivity index (χ4v) is 3.73. The van der Waals surface area contributed by atoms with Crippen molar-refractivity contribution in [3.05, 3.63) is 59.4 Å². The Kier molecular flexibility index (Phi) is 17.2. The fraction of sp³-hybridized carbons (Fsp3) is 0.593. The number of aromatic nitrogens is 1. The third-order valence-electron chi connectivity index (χ3n) is 5.36. The molecule has 0 saturated carbocycles. The van der Waals surface area contributed by atoms with Gasteiger partial charge >= 0.3 is 0 Å². The van der Waals surface area contributed by atoms with Gasteiger partial charge in [0, 0.05) is 6.20 Å². The quantitative estimate of drug-likeness (QED) is 0.285. The van der Waals surface area contributed by atoms with Gasteiger partial charge in [-0.2, -0.15) is 0 Å². The molecule has 0 spiro atoms. The molecule has 2 rings (SSSR count). The first-order chi connectivity index (χ1) is 14.7. The lowest BCUT2D eigenvalue weighted by atomic mass is 10.0. The Balaban J connectivity index is 0.000000539. The average molecular weight is 432 g/mol. The molecule has 0 bridgehead atoms. The molecule has 0 aliphatic rings. The molecule has 0 radical (unpaired) electrons. The Hall–Kier alpha value is -1.54. The number of hydrogen-bond donors (Lipinski definition) is 1. The third-order valence-corrected chi connectivity index (χ3v) is 5.70.